The highest BCUT2D eigenvalue weighted by Crippen LogP contribution is 2.35. The molecule has 0 aliphatic rings. The molecule has 0 spiro atoms. The van der Waals surface area contributed by atoms with Gasteiger partial charge in [-0.25, -0.2) is 8.91 Å². The Morgan fingerprint density at radius 3 is 2.40 bits per heavy atom. The Morgan fingerprint density at radius 1 is 0.920 bits per heavy atom. The van der Waals surface area contributed by atoms with Crippen LogP contribution in [0.3, 0.4) is 0 Å². The Bertz CT molecular complexity index is 1000. The number of fused-ring (bicyclic) bond motifs is 1. The van der Waals surface area contributed by atoms with E-state index in [0.29, 0.717) is 0 Å². The molecule has 0 fully saturated rings. The van der Waals surface area contributed by atoms with Crippen LogP contribution in [0, 0.1) is 5.82 Å². The Kier molecular flexibility index (Phi) is 4.02. The highest BCUT2D eigenvalue weighted by Gasteiger charge is 2.17. The normalized spacial score (nSPS) is 11.1. The first-order valence-corrected chi connectivity index (χ1v) is 8.45. The average Bonchev–Trinajstić information content (AvgIpc) is 3.04. The SMILES string of the molecule is CCCc1cccc2c(-c3ccncc3)c(-c3ccc(F)cc3)nn12. The maximum atomic E-state index is 13.4. The van der Waals surface area contributed by atoms with Crippen LogP contribution in [0.15, 0.2) is 67.0 Å². The maximum Gasteiger partial charge on any atom is 0.123 e. The Morgan fingerprint density at radius 2 is 1.68 bits per heavy atom. The van der Waals surface area contributed by atoms with Gasteiger partial charge in [0.1, 0.15) is 11.5 Å². The molecule has 0 aliphatic carbocycles. The van der Waals surface area contributed by atoms with E-state index in [2.05, 4.69) is 30.1 Å². The summed E-state index contributed by atoms with van der Waals surface area (Å²) >= 11 is 0. The molecular weight excluding hydrogens is 313 g/mol. The van der Waals surface area contributed by atoms with Gasteiger partial charge in [0.05, 0.1) is 5.52 Å². The van der Waals surface area contributed by atoms with Gasteiger partial charge in [-0.1, -0.05) is 19.4 Å². The minimum Gasteiger partial charge on any atom is -0.265 e. The van der Waals surface area contributed by atoms with Crippen molar-refractivity contribution < 1.29 is 4.39 Å². The minimum atomic E-state index is -0.246. The van der Waals surface area contributed by atoms with Gasteiger partial charge in [-0.15, -0.1) is 0 Å². The van der Waals surface area contributed by atoms with Crippen LogP contribution in [0.4, 0.5) is 4.39 Å². The molecule has 0 aliphatic heterocycles. The second-order valence-corrected chi connectivity index (χ2v) is 6.03. The standard InChI is InChI=1S/C21H18FN3/c1-2-4-18-5-3-6-19-20(15-11-13-23-14-12-15)21(24-25(18)19)16-7-9-17(22)10-8-16/h3,5-14H,2,4H2,1H3. The number of aryl methyl sites for hydroxylation is 1. The summed E-state index contributed by atoms with van der Waals surface area (Å²) < 4.78 is 15.4. The molecular formula is C21H18FN3. The largest absolute Gasteiger partial charge is 0.265 e. The molecule has 4 rings (SSSR count). The minimum absolute atomic E-state index is 0.246. The van der Waals surface area contributed by atoms with Crippen molar-refractivity contribution in [1.82, 2.24) is 14.6 Å². The van der Waals surface area contributed by atoms with Gasteiger partial charge in [0.25, 0.3) is 0 Å². The number of hydrogen-bond acceptors (Lipinski definition) is 2. The van der Waals surface area contributed by atoms with E-state index in [9.17, 15) is 4.39 Å². The summed E-state index contributed by atoms with van der Waals surface area (Å²) in [5.74, 6) is -0.246. The zero-order chi connectivity index (χ0) is 17.2. The van der Waals surface area contributed by atoms with Crippen molar-refractivity contribution in [3.8, 4) is 22.4 Å². The molecule has 3 nitrogen and oxygen atoms in total. The quantitative estimate of drug-likeness (QED) is 0.517. The van der Waals surface area contributed by atoms with Crippen molar-refractivity contribution in [1.29, 1.82) is 0 Å². The molecule has 0 saturated heterocycles. The second-order valence-electron chi connectivity index (χ2n) is 6.03. The smallest absolute Gasteiger partial charge is 0.123 e. The van der Waals surface area contributed by atoms with E-state index in [1.54, 1.807) is 24.5 Å². The van der Waals surface area contributed by atoms with E-state index in [4.69, 9.17) is 5.10 Å². The van der Waals surface area contributed by atoms with Crippen molar-refractivity contribution in [2.75, 3.05) is 0 Å². The van der Waals surface area contributed by atoms with Gasteiger partial charge in [-0.2, -0.15) is 5.10 Å². The van der Waals surface area contributed by atoms with Gasteiger partial charge in [-0.05, 0) is 60.5 Å². The van der Waals surface area contributed by atoms with Gasteiger partial charge in [0.15, 0.2) is 0 Å². The Balaban J connectivity index is 2.03. The molecule has 0 amide bonds. The zero-order valence-electron chi connectivity index (χ0n) is 14.0. The molecule has 0 radical (unpaired) electrons. The van der Waals surface area contributed by atoms with Crippen LogP contribution in [0.5, 0.6) is 0 Å². The van der Waals surface area contributed by atoms with E-state index in [0.717, 1.165) is 40.7 Å². The summed E-state index contributed by atoms with van der Waals surface area (Å²) in [6, 6.07) is 16.7. The fraction of sp³-hybridized carbons (Fsp3) is 0.143. The monoisotopic (exact) mass is 331 g/mol. The summed E-state index contributed by atoms with van der Waals surface area (Å²) in [7, 11) is 0. The zero-order valence-corrected chi connectivity index (χ0v) is 14.0. The highest BCUT2D eigenvalue weighted by atomic mass is 19.1. The molecule has 25 heavy (non-hydrogen) atoms. The highest BCUT2D eigenvalue weighted by molar-refractivity contribution is 5.92. The topological polar surface area (TPSA) is 30.2 Å². The number of halogens is 1. The van der Waals surface area contributed by atoms with Gasteiger partial charge < -0.3 is 0 Å². The van der Waals surface area contributed by atoms with Crippen molar-refractivity contribution >= 4 is 5.52 Å². The molecule has 124 valence electrons. The lowest BCUT2D eigenvalue weighted by Gasteiger charge is -2.04. The lowest BCUT2D eigenvalue weighted by Crippen LogP contribution is -1.97. The van der Waals surface area contributed by atoms with Crippen LogP contribution in [-0.2, 0) is 6.42 Å². The summed E-state index contributed by atoms with van der Waals surface area (Å²) in [6.45, 7) is 2.16. The van der Waals surface area contributed by atoms with E-state index >= 15 is 0 Å². The lowest BCUT2D eigenvalue weighted by atomic mass is 10.0. The van der Waals surface area contributed by atoms with Gasteiger partial charge in [0.2, 0.25) is 0 Å². The van der Waals surface area contributed by atoms with Crippen LogP contribution in [0.1, 0.15) is 19.0 Å². The number of rotatable bonds is 4. The van der Waals surface area contributed by atoms with Crippen LogP contribution in [-0.4, -0.2) is 14.6 Å². The average molecular weight is 331 g/mol. The molecule has 3 aromatic heterocycles. The lowest BCUT2D eigenvalue weighted by molar-refractivity contribution is 0.628. The first kappa shape index (κ1) is 15.5. The molecule has 0 N–H and O–H groups in total. The fourth-order valence-electron chi connectivity index (χ4n) is 3.18. The van der Waals surface area contributed by atoms with Gasteiger partial charge >= 0.3 is 0 Å². The molecule has 3 heterocycles. The van der Waals surface area contributed by atoms with E-state index in [1.165, 1.54) is 17.8 Å². The molecule has 0 unspecified atom stereocenters. The van der Waals surface area contributed by atoms with Crippen LogP contribution in [0.2, 0.25) is 0 Å². The van der Waals surface area contributed by atoms with Crippen LogP contribution >= 0.6 is 0 Å². The summed E-state index contributed by atoms with van der Waals surface area (Å²) in [4.78, 5) is 4.12. The molecule has 0 atom stereocenters. The van der Waals surface area contributed by atoms with Crippen molar-refractivity contribution in [2.24, 2.45) is 0 Å². The molecule has 4 heteroatoms. The first-order chi connectivity index (χ1) is 12.3. The predicted molar refractivity (Wildman–Crippen MR) is 97.8 cm³/mol. The van der Waals surface area contributed by atoms with Crippen LogP contribution in [0.25, 0.3) is 27.9 Å². The number of nitrogens with zero attached hydrogens (tertiary/aromatic N) is 3. The maximum absolute atomic E-state index is 13.4. The van der Waals surface area contributed by atoms with Crippen molar-refractivity contribution in [3.05, 3.63) is 78.5 Å². The third-order valence-corrected chi connectivity index (χ3v) is 4.33. The molecule has 1 aromatic carbocycles. The fourth-order valence-corrected chi connectivity index (χ4v) is 3.18. The Hall–Kier alpha value is -3.01. The summed E-state index contributed by atoms with van der Waals surface area (Å²) in [5, 5.41) is 4.88. The number of pyridine rings is 2. The number of hydrogen-bond donors (Lipinski definition) is 0. The predicted octanol–water partition coefficient (Wildman–Crippen LogP) is 5.15. The van der Waals surface area contributed by atoms with E-state index < -0.39 is 0 Å². The summed E-state index contributed by atoms with van der Waals surface area (Å²) in [5.41, 5.74) is 6.08. The van der Waals surface area contributed by atoms with Crippen LogP contribution < -0.4 is 0 Å². The van der Waals surface area contributed by atoms with Crippen molar-refractivity contribution in [3.63, 3.8) is 0 Å². The first-order valence-electron chi connectivity index (χ1n) is 8.45. The van der Waals surface area contributed by atoms with E-state index in [-0.39, 0.29) is 5.82 Å². The third kappa shape index (κ3) is 2.80. The van der Waals surface area contributed by atoms with Gasteiger partial charge in [0, 0.05) is 29.2 Å². The molecule has 0 saturated carbocycles. The van der Waals surface area contributed by atoms with Gasteiger partial charge in [-0.3, -0.25) is 4.98 Å². The second kappa shape index (κ2) is 6.48. The number of benzene rings is 1. The molecule has 0 bridgehead atoms. The summed E-state index contributed by atoms with van der Waals surface area (Å²) in [6.07, 6.45) is 5.57. The molecule has 4 aromatic rings. The Labute approximate surface area is 145 Å². The van der Waals surface area contributed by atoms with Crippen molar-refractivity contribution in [2.45, 2.75) is 19.8 Å². The third-order valence-electron chi connectivity index (χ3n) is 4.33. The number of aromatic nitrogens is 3. The van der Waals surface area contributed by atoms with E-state index in [1.807, 2.05) is 16.6 Å².